The molecule has 3 aromatic rings. The van der Waals surface area contributed by atoms with E-state index in [0.717, 1.165) is 18.9 Å². The second-order valence-electron chi connectivity index (χ2n) is 7.46. The van der Waals surface area contributed by atoms with Crippen molar-refractivity contribution in [3.8, 4) is 0 Å². The Kier molecular flexibility index (Phi) is 5.75. The van der Waals surface area contributed by atoms with Crippen molar-refractivity contribution in [1.82, 2.24) is 9.29 Å². The number of aromatic nitrogens is 1. The Morgan fingerprint density at radius 3 is 2.55 bits per heavy atom. The molecular weight excluding hydrogens is 422 g/mol. The summed E-state index contributed by atoms with van der Waals surface area (Å²) >= 11 is 0. The van der Waals surface area contributed by atoms with Crippen molar-refractivity contribution in [2.75, 3.05) is 13.2 Å². The number of amides is 1. The van der Waals surface area contributed by atoms with Crippen LogP contribution < -0.4 is 4.72 Å². The maximum Gasteiger partial charge on any atom is 0.294 e. The van der Waals surface area contributed by atoms with Crippen molar-refractivity contribution < 1.29 is 22.9 Å². The van der Waals surface area contributed by atoms with Crippen LogP contribution in [-0.4, -0.2) is 37.0 Å². The Morgan fingerprint density at radius 1 is 1.16 bits per heavy atom. The van der Waals surface area contributed by atoms with Crippen LogP contribution in [0.1, 0.15) is 23.2 Å². The van der Waals surface area contributed by atoms with Gasteiger partial charge in [0.25, 0.3) is 21.6 Å². The number of rotatable bonds is 6. The van der Waals surface area contributed by atoms with E-state index in [1.54, 1.807) is 35.0 Å². The van der Waals surface area contributed by atoms with Crippen LogP contribution in [0.2, 0.25) is 0 Å². The number of nitro groups is 1. The van der Waals surface area contributed by atoms with Crippen LogP contribution in [0.5, 0.6) is 0 Å². The number of fused-ring (bicyclic) bond motifs is 1. The average Bonchev–Trinajstić information content (AvgIpc) is 3.17. The van der Waals surface area contributed by atoms with Crippen LogP contribution in [0.15, 0.2) is 59.6 Å². The number of non-ortho nitro benzene ring substituents is 1. The highest BCUT2D eigenvalue weighted by Crippen LogP contribution is 2.32. The van der Waals surface area contributed by atoms with Gasteiger partial charge in [-0.05, 0) is 43.0 Å². The summed E-state index contributed by atoms with van der Waals surface area (Å²) in [7, 11) is -4.30. The largest absolute Gasteiger partial charge is 0.381 e. The Bertz CT molecular complexity index is 1230. The molecule has 4 rings (SSSR count). The Morgan fingerprint density at radius 2 is 1.87 bits per heavy atom. The van der Waals surface area contributed by atoms with E-state index < -0.39 is 20.9 Å². The highest BCUT2D eigenvalue weighted by molar-refractivity contribution is 7.90. The number of hydrogen-bond donors (Lipinski definition) is 1. The third-order valence-corrected chi connectivity index (χ3v) is 6.69. The summed E-state index contributed by atoms with van der Waals surface area (Å²) in [6.07, 6.45) is 3.46. The molecule has 10 heteroatoms. The maximum atomic E-state index is 12.8. The summed E-state index contributed by atoms with van der Waals surface area (Å²) in [4.78, 5) is 23.1. The number of nitro benzene ring substituents is 1. The first-order chi connectivity index (χ1) is 14.8. The van der Waals surface area contributed by atoms with Gasteiger partial charge in [-0.15, -0.1) is 0 Å². The van der Waals surface area contributed by atoms with Gasteiger partial charge in [-0.2, -0.15) is 0 Å². The molecule has 1 aromatic heterocycles. The molecule has 2 heterocycles. The monoisotopic (exact) mass is 443 g/mol. The van der Waals surface area contributed by atoms with Gasteiger partial charge >= 0.3 is 0 Å². The van der Waals surface area contributed by atoms with E-state index in [0.29, 0.717) is 36.6 Å². The molecule has 0 atom stereocenters. The molecule has 1 aliphatic heterocycles. The van der Waals surface area contributed by atoms with E-state index in [9.17, 15) is 23.3 Å². The fraction of sp³-hybridized carbons (Fsp3) is 0.286. The molecule has 1 amide bonds. The predicted octanol–water partition coefficient (Wildman–Crippen LogP) is 3.09. The minimum absolute atomic E-state index is 0.171. The van der Waals surface area contributed by atoms with E-state index in [-0.39, 0.29) is 16.1 Å². The highest BCUT2D eigenvalue weighted by Gasteiger charge is 2.26. The first-order valence-electron chi connectivity index (χ1n) is 9.82. The minimum atomic E-state index is -4.30. The predicted molar refractivity (Wildman–Crippen MR) is 113 cm³/mol. The lowest BCUT2D eigenvalue weighted by molar-refractivity contribution is -0.383. The molecule has 0 spiro atoms. The van der Waals surface area contributed by atoms with Crippen molar-refractivity contribution in [2.45, 2.75) is 24.3 Å². The molecule has 9 nitrogen and oxygen atoms in total. The average molecular weight is 443 g/mol. The normalized spacial score (nSPS) is 15.1. The SMILES string of the molecule is O=C(NS(=O)(=O)c1cc([N+](=O)[O-])c2c(ccn2CC2CCOCC2)c1)c1ccccc1. The number of sulfonamides is 1. The van der Waals surface area contributed by atoms with E-state index in [1.165, 1.54) is 18.2 Å². The first-order valence-corrected chi connectivity index (χ1v) is 11.3. The van der Waals surface area contributed by atoms with Gasteiger partial charge in [0.2, 0.25) is 0 Å². The molecule has 0 aliphatic carbocycles. The van der Waals surface area contributed by atoms with Gasteiger partial charge in [0.1, 0.15) is 5.52 Å². The number of benzene rings is 2. The van der Waals surface area contributed by atoms with Gasteiger partial charge in [0, 0.05) is 43.0 Å². The minimum Gasteiger partial charge on any atom is -0.381 e. The number of nitrogens with zero attached hydrogens (tertiary/aromatic N) is 2. The number of hydrogen-bond acceptors (Lipinski definition) is 6. The summed E-state index contributed by atoms with van der Waals surface area (Å²) in [5, 5.41) is 12.2. The Labute approximate surface area is 178 Å². The molecular formula is C21H21N3O6S. The molecule has 0 bridgehead atoms. The number of carbonyl (C=O) groups excluding carboxylic acids is 1. The molecule has 0 radical (unpaired) electrons. The Balaban J connectivity index is 1.69. The summed E-state index contributed by atoms with van der Waals surface area (Å²) in [5.41, 5.74) is 0.219. The van der Waals surface area contributed by atoms with Crippen molar-refractivity contribution in [1.29, 1.82) is 0 Å². The zero-order chi connectivity index (χ0) is 22.0. The smallest absolute Gasteiger partial charge is 0.294 e. The summed E-state index contributed by atoms with van der Waals surface area (Å²) in [5.74, 6) is -0.474. The number of nitrogens with one attached hydrogen (secondary N) is 1. The molecule has 1 N–H and O–H groups in total. The lowest BCUT2D eigenvalue weighted by Crippen LogP contribution is -2.30. The van der Waals surface area contributed by atoms with Gasteiger partial charge in [-0.3, -0.25) is 14.9 Å². The standard InChI is InChI=1S/C21H21N3O6S/c25-21(16-4-2-1-3-5-16)22-31(28,29)18-12-17-6-9-23(14-15-7-10-30-11-8-15)20(17)19(13-18)24(26)27/h1-6,9,12-13,15H,7-8,10-11,14H2,(H,22,25). The highest BCUT2D eigenvalue weighted by atomic mass is 32.2. The Hall–Kier alpha value is -3.24. The fourth-order valence-corrected chi connectivity index (χ4v) is 4.81. The summed E-state index contributed by atoms with van der Waals surface area (Å²) in [6, 6.07) is 11.9. The molecule has 162 valence electrons. The lowest BCUT2D eigenvalue weighted by atomic mass is 10.0. The van der Waals surface area contributed by atoms with E-state index in [1.807, 2.05) is 4.72 Å². The van der Waals surface area contributed by atoms with Gasteiger partial charge in [0.05, 0.1) is 9.82 Å². The van der Waals surface area contributed by atoms with Crippen LogP contribution >= 0.6 is 0 Å². The van der Waals surface area contributed by atoms with Crippen LogP contribution in [0, 0.1) is 16.0 Å². The quantitative estimate of drug-likeness (QED) is 0.462. The van der Waals surface area contributed by atoms with Crippen LogP contribution in [0.25, 0.3) is 10.9 Å². The van der Waals surface area contributed by atoms with Crippen LogP contribution in [0.3, 0.4) is 0 Å². The topological polar surface area (TPSA) is 121 Å². The lowest BCUT2D eigenvalue weighted by Gasteiger charge is -2.22. The first kappa shape index (κ1) is 21.0. The zero-order valence-electron chi connectivity index (χ0n) is 16.6. The maximum absolute atomic E-state index is 12.8. The van der Waals surface area contributed by atoms with Gasteiger partial charge in [-0.1, -0.05) is 18.2 Å². The van der Waals surface area contributed by atoms with Gasteiger partial charge in [-0.25, -0.2) is 13.1 Å². The molecule has 2 aromatic carbocycles. The van der Waals surface area contributed by atoms with E-state index in [2.05, 4.69) is 0 Å². The van der Waals surface area contributed by atoms with Crippen molar-refractivity contribution in [3.05, 3.63) is 70.4 Å². The molecule has 31 heavy (non-hydrogen) atoms. The number of ether oxygens (including phenoxy) is 1. The molecule has 0 saturated carbocycles. The summed E-state index contributed by atoms with van der Waals surface area (Å²) in [6.45, 7) is 1.91. The molecule has 1 saturated heterocycles. The second kappa shape index (κ2) is 8.48. The second-order valence-corrected chi connectivity index (χ2v) is 9.14. The van der Waals surface area contributed by atoms with Crippen molar-refractivity contribution >= 4 is 32.5 Å². The van der Waals surface area contributed by atoms with Crippen molar-refractivity contribution in [2.24, 2.45) is 5.92 Å². The molecule has 0 unspecified atom stereocenters. The molecule has 1 fully saturated rings. The van der Waals surface area contributed by atoms with Crippen molar-refractivity contribution in [3.63, 3.8) is 0 Å². The van der Waals surface area contributed by atoms with Crippen LogP contribution in [-0.2, 0) is 21.3 Å². The van der Waals surface area contributed by atoms with Crippen LogP contribution in [0.4, 0.5) is 5.69 Å². The van der Waals surface area contributed by atoms with E-state index >= 15 is 0 Å². The third-order valence-electron chi connectivity index (χ3n) is 5.38. The zero-order valence-corrected chi connectivity index (χ0v) is 17.4. The molecule has 1 aliphatic rings. The summed E-state index contributed by atoms with van der Waals surface area (Å²) < 4.78 is 34.7. The fourth-order valence-electron chi connectivity index (χ4n) is 3.78. The number of carbonyl (C=O) groups is 1. The van der Waals surface area contributed by atoms with Gasteiger partial charge < -0.3 is 9.30 Å². The van der Waals surface area contributed by atoms with Gasteiger partial charge in [0.15, 0.2) is 0 Å². The third kappa shape index (κ3) is 4.44. The van der Waals surface area contributed by atoms with E-state index in [4.69, 9.17) is 4.74 Å².